The van der Waals surface area contributed by atoms with Crippen LogP contribution < -0.4 is 4.74 Å². The first kappa shape index (κ1) is 32.0. The number of carbonyl (C=O) groups is 1. The summed E-state index contributed by atoms with van der Waals surface area (Å²) in [6, 6.07) is 5.66. The lowest BCUT2D eigenvalue weighted by Crippen LogP contribution is -2.29. The molecule has 3 nitrogen and oxygen atoms in total. The molecular weight excluding hydrogens is 668 g/mol. The molecule has 0 unspecified atom stereocenters. The van der Waals surface area contributed by atoms with Gasteiger partial charge in [-0.25, -0.2) is 18.3 Å². The summed E-state index contributed by atoms with van der Waals surface area (Å²) in [6.07, 6.45) is 1.24. The van der Waals surface area contributed by atoms with E-state index in [2.05, 4.69) is 11.7 Å². The van der Waals surface area contributed by atoms with Gasteiger partial charge in [0, 0.05) is 15.7 Å². The number of esters is 1. The number of rotatable bonds is 8. The van der Waals surface area contributed by atoms with Crippen LogP contribution in [0.1, 0.15) is 98.5 Å². The molecule has 0 aromatic heterocycles. The average Bonchev–Trinajstić information content (AvgIpc) is 2.87. The van der Waals surface area contributed by atoms with Gasteiger partial charge in [0.2, 0.25) is 0 Å². The minimum Gasteiger partial charge on any atom is -0.423 e. The lowest BCUT2D eigenvalue weighted by Gasteiger charge is -2.38. The molecule has 11 heteroatoms. The molecule has 0 radical (unpaired) electrons. The molecule has 0 spiro atoms. The van der Waals surface area contributed by atoms with Crippen molar-refractivity contribution in [1.29, 1.82) is 0 Å². The van der Waals surface area contributed by atoms with Crippen LogP contribution in [-0.4, -0.2) is 12.3 Å². The molecule has 2 aliphatic rings. The Morgan fingerprint density at radius 1 is 0.878 bits per heavy atom. The van der Waals surface area contributed by atoms with E-state index in [4.69, 9.17) is 4.74 Å². The van der Waals surface area contributed by atoms with E-state index in [0.29, 0.717) is 9.49 Å². The lowest BCUT2D eigenvalue weighted by molar-refractivity contribution is -0.432. The Morgan fingerprint density at radius 3 is 1.95 bits per heavy atom. The van der Waals surface area contributed by atoms with Gasteiger partial charge in [-0.1, -0.05) is 38.7 Å². The largest absolute Gasteiger partial charge is 0.527 e. The first-order valence-electron chi connectivity index (χ1n) is 13.9. The average molecular weight is 700 g/mol. The summed E-state index contributed by atoms with van der Waals surface area (Å²) in [5.74, 6) is -3.07. The SMILES string of the molecule is CCCC1CCC(C2CCC(c3ccc(C(=O)Oc4cc(F)c(C(F)(F)OC(F)(F)F)c(F)c4)c(I)c3)CC2)CC1. The predicted octanol–water partition coefficient (Wildman–Crippen LogP) is 10.3. The van der Waals surface area contributed by atoms with Crippen LogP contribution in [0.15, 0.2) is 30.3 Å². The lowest BCUT2D eigenvalue weighted by atomic mass is 9.68. The number of benzene rings is 2. The van der Waals surface area contributed by atoms with Crippen LogP contribution in [0.25, 0.3) is 0 Å². The molecule has 0 amide bonds. The van der Waals surface area contributed by atoms with Crippen LogP contribution in [-0.2, 0) is 10.8 Å². The number of carbonyl (C=O) groups excluding carboxylic acids is 1. The van der Waals surface area contributed by atoms with Gasteiger partial charge >= 0.3 is 18.4 Å². The number of halogens is 8. The highest BCUT2D eigenvalue weighted by Gasteiger charge is 2.49. The third-order valence-electron chi connectivity index (χ3n) is 8.47. The molecule has 0 N–H and O–H groups in total. The Bertz CT molecular complexity index is 1190. The zero-order valence-electron chi connectivity index (χ0n) is 22.5. The van der Waals surface area contributed by atoms with Gasteiger partial charge in [-0.15, -0.1) is 13.2 Å². The van der Waals surface area contributed by atoms with E-state index in [0.717, 1.165) is 36.2 Å². The third-order valence-corrected chi connectivity index (χ3v) is 9.36. The van der Waals surface area contributed by atoms with E-state index in [9.17, 15) is 35.5 Å². The van der Waals surface area contributed by atoms with E-state index < -0.39 is 41.4 Å². The Morgan fingerprint density at radius 2 is 1.44 bits per heavy atom. The van der Waals surface area contributed by atoms with Crippen molar-refractivity contribution in [2.45, 2.75) is 89.5 Å². The van der Waals surface area contributed by atoms with Crippen molar-refractivity contribution in [3.8, 4) is 5.75 Å². The summed E-state index contributed by atoms with van der Waals surface area (Å²) in [7, 11) is 0. The van der Waals surface area contributed by atoms with Gasteiger partial charge in [-0.2, -0.15) is 8.78 Å². The van der Waals surface area contributed by atoms with Crippen LogP contribution in [0.5, 0.6) is 5.75 Å². The molecule has 0 aliphatic heterocycles. The first-order chi connectivity index (χ1) is 19.3. The number of hydrogen-bond donors (Lipinski definition) is 0. The van der Waals surface area contributed by atoms with E-state index >= 15 is 0 Å². The summed E-state index contributed by atoms with van der Waals surface area (Å²) in [4.78, 5) is 12.7. The Balaban J connectivity index is 1.37. The fraction of sp³-hybridized carbons (Fsp3) is 0.567. The number of ether oxygens (including phenoxy) is 2. The molecule has 2 aromatic rings. The molecule has 2 aromatic carbocycles. The molecule has 0 saturated heterocycles. The van der Waals surface area contributed by atoms with Gasteiger partial charge in [-0.05, 0) is 102 Å². The van der Waals surface area contributed by atoms with Gasteiger partial charge in [0.25, 0.3) is 0 Å². The van der Waals surface area contributed by atoms with Crippen LogP contribution >= 0.6 is 22.6 Å². The summed E-state index contributed by atoms with van der Waals surface area (Å²) < 4.78 is 101. The summed E-state index contributed by atoms with van der Waals surface area (Å²) in [5.41, 5.74) is -1.06. The van der Waals surface area contributed by atoms with Gasteiger partial charge in [0.1, 0.15) is 22.9 Å². The van der Waals surface area contributed by atoms with Crippen molar-refractivity contribution in [1.82, 2.24) is 0 Å². The van der Waals surface area contributed by atoms with E-state index in [1.165, 1.54) is 51.4 Å². The van der Waals surface area contributed by atoms with Crippen molar-refractivity contribution in [3.05, 3.63) is 62.2 Å². The van der Waals surface area contributed by atoms with E-state index in [1.54, 1.807) is 6.07 Å². The topological polar surface area (TPSA) is 35.5 Å². The second-order valence-corrected chi connectivity index (χ2v) is 12.3. The van der Waals surface area contributed by atoms with Gasteiger partial charge in [0.15, 0.2) is 0 Å². The molecule has 226 valence electrons. The van der Waals surface area contributed by atoms with Crippen molar-refractivity contribution in [3.63, 3.8) is 0 Å². The third kappa shape index (κ3) is 8.14. The molecular formula is C30H32F7IO3. The van der Waals surface area contributed by atoms with Crippen LogP contribution in [0.3, 0.4) is 0 Å². The standard InChI is InChI=1S/C30H32F7IO3/c1-2-3-17-4-6-18(7-5-17)19-8-10-20(11-9-19)21-12-13-23(26(38)14-21)28(39)40-22-15-24(31)27(25(32)16-22)29(33,34)41-30(35,36)37/h12-20H,2-11H2,1H3. The van der Waals surface area contributed by atoms with Crippen LogP contribution in [0.2, 0.25) is 0 Å². The zero-order valence-corrected chi connectivity index (χ0v) is 24.7. The highest BCUT2D eigenvalue weighted by molar-refractivity contribution is 14.1. The Hall–Kier alpha value is -1.89. The van der Waals surface area contributed by atoms with Gasteiger partial charge in [-0.3, -0.25) is 0 Å². The quantitative estimate of drug-likeness (QED) is 0.119. The molecule has 41 heavy (non-hydrogen) atoms. The highest BCUT2D eigenvalue weighted by atomic mass is 127. The maximum atomic E-state index is 14.2. The maximum Gasteiger partial charge on any atom is 0.527 e. The second kappa shape index (κ2) is 13.2. The summed E-state index contributed by atoms with van der Waals surface area (Å²) in [6.45, 7) is 2.25. The smallest absolute Gasteiger partial charge is 0.423 e. The van der Waals surface area contributed by atoms with Crippen LogP contribution in [0, 0.1) is 33.0 Å². The second-order valence-electron chi connectivity index (χ2n) is 11.1. The number of hydrogen-bond acceptors (Lipinski definition) is 3. The highest BCUT2D eigenvalue weighted by Crippen LogP contribution is 2.45. The fourth-order valence-electron chi connectivity index (χ4n) is 6.48. The maximum absolute atomic E-state index is 14.2. The summed E-state index contributed by atoms with van der Waals surface area (Å²) in [5, 5.41) is 0. The van der Waals surface area contributed by atoms with Crippen molar-refractivity contribution >= 4 is 28.6 Å². The molecule has 2 aliphatic carbocycles. The summed E-state index contributed by atoms with van der Waals surface area (Å²) >= 11 is 1.96. The van der Waals surface area contributed by atoms with E-state index in [1.807, 2.05) is 34.7 Å². The number of alkyl halides is 5. The van der Waals surface area contributed by atoms with Gasteiger partial charge in [0.05, 0.1) is 5.56 Å². The molecule has 0 heterocycles. The van der Waals surface area contributed by atoms with Crippen molar-refractivity contribution in [2.75, 3.05) is 0 Å². The van der Waals surface area contributed by atoms with Crippen LogP contribution in [0.4, 0.5) is 30.7 Å². The normalized spacial score (nSPS) is 23.8. The molecule has 2 fully saturated rings. The minimum absolute atomic E-state index is 0.0995. The monoisotopic (exact) mass is 700 g/mol. The molecule has 2 saturated carbocycles. The zero-order chi connectivity index (χ0) is 29.9. The first-order valence-corrected chi connectivity index (χ1v) is 15.0. The minimum atomic E-state index is -5.84. The van der Waals surface area contributed by atoms with Crippen molar-refractivity contribution < 1.29 is 45.0 Å². The Kier molecular flexibility index (Phi) is 10.3. The predicted molar refractivity (Wildman–Crippen MR) is 147 cm³/mol. The Labute approximate surface area is 248 Å². The molecule has 0 bridgehead atoms. The van der Waals surface area contributed by atoms with E-state index in [-0.39, 0.29) is 17.7 Å². The molecule has 4 rings (SSSR count). The molecule has 0 atom stereocenters. The fourth-order valence-corrected chi connectivity index (χ4v) is 7.24. The van der Waals surface area contributed by atoms with Crippen molar-refractivity contribution in [2.24, 2.45) is 17.8 Å². The van der Waals surface area contributed by atoms with Gasteiger partial charge < -0.3 is 4.74 Å².